The molecule has 3 aliphatic carbocycles. The average molecular weight is 1180 g/mol. The number of aromatic nitrogens is 9. The first kappa shape index (κ1) is 56.4. The number of nitrogen functional groups attached to an aromatic ring is 2. The highest BCUT2D eigenvalue weighted by atomic mass is 32.2. The molecule has 15 rings (SSSR count). The number of aromatic amines is 3. The minimum absolute atomic E-state index is 0.0489. The second-order valence-electron chi connectivity index (χ2n) is 24.2. The molecular weight excluding hydrogens is 1100 g/mol. The molecule has 22 nitrogen and oxygen atoms in total. The highest BCUT2D eigenvalue weighted by molar-refractivity contribution is 7.89. The Hall–Kier alpha value is -8.69. The van der Waals surface area contributed by atoms with Crippen molar-refractivity contribution in [3.05, 3.63) is 145 Å². The van der Waals surface area contributed by atoms with Gasteiger partial charge in [-0.1, -0.05) is 60.7 Å². The average Bonchev–Trinajstić information content (AvgIpc) is 1.86. The van der Waals surface area contributed by atoms with Crippen LogP contribution in [0.5, 0.6) is 0 Å². The lowest BCUT2D eigenvalue weighted by molar-refractivity contribution is 0.0740. The number of nitriles is 1. The van der Waals surface area contributed by atoms with E-state index in [-0.39, 0.29) is 34.7 Å². The molecule has 3 saturated heterocycles. The van der Waals surface area contributed by atoms with Crippen molar-refractivity contribution in [1.29, 1.82) is 5.26 Å². The van der Waals surface area contributed by atoms with Gasteiger partial charge in [0.05, 0.1) is 27.1 Å². The van der Waals surface area contributed by atoms with E-state index in [0.717, 1.165) is 135 Å². The summed E-state index contributed by atoms with van der Waals surface area (Å²) in [4.78, 5) is 63.7. The van der Waals surface area contributed by atoms with Crippen LogP contribution in [-0.2, 0) is 23.1 Å². The summed E-state index contributed by atoms with van der Waals surface area (Å²) < 4.78 is 27.1. The quantitative estimate of drug-likeness (QED) is 0.0653. The van der Waals surface area contributed by atoms with Crippen LogP contribution >= 0.6 is 0 Å². The predicted molar refractivity (Wildman–Crippen MR) is 333 cm³/mol. The van der Waals surface area contributed by atoms with Gasteiger partial charge in [-0.2, -0.15) is 25.2 Å². The van der Waals surface area contributed by atoms with Crippen LogP contribution in [-0.4, -0.2) is 158 Å². The van der Waals surface area contributed by atoms with Crippen LogP contribution in [0.1, 0.15) is 72.9 Å². The first-order chi connectivity index (χ1) is 41.8. The van der Waals surface area contributed by atoms with Crippen molar-refractivity contribution in [2.45, 2.75) is 74.9 Å². The number of H-pyrrole nitrogens is 3. The van der Waals surface area contributed by atoms with Gasteiger partial charge in [0.25, 0.3) is 5.91 Å². The van der Waals surface area contributed by atoms with E-state index >= 15 is 0 Å². The van der Waals surface area contributed by atoms with Crippen LogP contribution in [0.15, 0.2) is 133 Å². The van der Waals surface area contributed by atoms with Crippen LogP contribution < -0.4 is 30.9 Å². The number of benzene rings is 3. The lowest BCUT2D eigenvalue weighted by atomic mass is 10.1. The van der Waals surface area contributed by atoms with Gasteiger partial charge in [0.2, 0.25) is 21.9 Å². The number of hydrogen-bond acceptors (Lipinski definition) is 17. The fraction of sp³-hybridized carbons (Fsp3) is 0.397. The standard InChI is InChI=1S/C23H25N7O3S.2C20H24N6/c24-9-1-10-28-34(32,33)18-4-2-17(3-5-18)22(31)30-13-12-29(14-23(15-30)7-8-23)21-19-6-11-25-20(19)26-16-27-21;21-19-23-17-16(7-10-22-17)18(24-19)25-11-4-12-26(20(14-25)8-9-20)13-15-5-2-1-3-6-15;21-19-23-17-16(6-9-22-17)18(24-19)26-11-10-25(13-20(14-26)7-8-20)12-15-4-2-1-3-5-15/h2-6,11,16,28H,1,7-8,10,12-15H2,(H,25,26,27);1-3,5-7,10H,4,8-9,11-14H2,(H3,21,22,23,24);1-6,9H,7-8,10-14H2,(H3,21,22,23,24). The summed E-state index contributed by atoms with van der Waals surface area (Å²) in [5.74, 6) is 3.40. The number of amides is 1. The molecular formula is C63H73N19O3S. The Kier molecular flexibility index (Phi) is 15.5. The van der Waals surface area contributed by atoms with Gasteiger partial charge in [0.1, 0.15) is 40.7 Å². The zero-order chi connectivity index (χ0) is 58.9. The zero-order valence-electron chi connectivity index (χ0n) is 48.3. The zero-order valence-corrected chi connectivity index (χ0v) is 49.1. The Balaban J connectivity index is 0.000000121. The Bertz CT molecular complexity index is 3930. The lowest BCUT2D eigenvalue weighted by Crippen LogP contribution is -2.43. The molecule has 3 spiro atoms. The number of carbonyl (C=O) groups excluding carboxylic acids is 1. The molecule has 8 N–H and O–H groups in total. The molecule has 3 aliphatic heterocycles. The molecule has 3 aromatic carbocycles. The van der Waals surface area contributed by atoms with Crippen LogP contribution in [0.4, 0.5) is 29.4 Å². The molecule has 23 heteroatoms. The number of anilines is 5. The topological polar surface area (TPSA) is 283 Å². The normalized spacial score (nSPS) is 18.9. The number of nitrogens with one attached hydrogen (secondary N) is 4. The van der Waals surface area contributed by atoms with Gasteiger partial charge >= 0.3 is 0 Å². The monoisotopic (exact) mass is 1180 g/mol. The van der Waals surface area contributed by atoms with Crippen LogP contribution in [0, 0.1) is 22.2 Å². The highest BCUT2D eigenvalue weighted by Crippen LogP contribution is 2.50. The van der Waals surface area contributed by atoms with Gasteiger partial charge in [-0.05, 0) is 98.5 Å². The molecule has 6 aromatic heterocycles. The van der Waals surface area contributed by atoms with E-state index in [4.69, 9.17) is 16.7 Å². The third-order valence-electron chi connectivity index (χ3n) is 18.0. The summed E-state index contributed by atoms with van der Waals surface area (Å²) in [7, 11) is -3.71. The molecule has 1 amide bonds. The Labute approximate surface area is 500 Å². The number of nitrogens with zero attached hydrogens (tertiary/aromatic N) is 13. The maximum Gasteiger partial charge on any atom is 0.253 e. The molecule has 6 fully saturated rings. The maximum atomic E-state index is 13.3. The second-order valence-corrected chi connectivity index (χ2v) is 26.0. The number of rotatable bonds is 12. The molecule has 86 heavy (non-hydrogen) atoms. The van der Waals surface area contributed by atoms with E-state index in [1.54, 1.807) is 18.5 Å². The smallest absolute Gasteiger partial charge is 0.253 e. The van der Waals surface area contributed by atoms with Crippen LogP contribution in [0.25, 0.3) is 33.1 Å². The predicted octanol–water partition coefficient (Wildman–Crippen LogP) is 7.32. The third-order valence-corrected chi connectivity index (χ3v) is 19.4. The van der Waals surface area contributed by atoms with Gasteiger partial charge in [0.15, 0.2) is 0 Å². The first-order valence-electron chi connectivity index (χ1n) is 29.9. The van der Waals surface area contributed by atoms with Crippen molar-refractivity contribution in [1.82, 2.24) is 64.3 Å². The first-order valence-corrected chi connectivity index (χ1v) is 31.4. The highest BCUT2D eigenvalue weighted by Gasteiger charge is 2.51. The Morgan fingerprint density at radius 1 is 0.581 bits per heavy atom. The van der Waals surface area contributed by atoms with Crippen molar-refractivity contribution in [3.8, 4) is 6.07 Å². The summed E-state index contributed by atoms with van der Waals surface area (Å²) in [6.45, 7) is 12.1. The van der Waals surface area contributed by atoms with E-state index in [2.05, 4.69) is 147 Å². The summed E-state index contributed by atoms with van der Waals surface area (Å²) in [5, 5.41) is 11.7. The molecule has 9 heterocycles. The minimum atomic E-state index is -3.71. The van der Waals surface area contributed by atoms with Crippen molar-refractivity contribution in [3.63, 3.8) is 0 Å². The Morgan fingerprint density at radius 2 is 1.14 bits per heavy atom. The maximum absolute atomic E-state index is 13.3. The SMILES string of the molecule is N#CCCNS(=O)(=O)c1ccc(C(=O)N2CCN(c3ncnc4[nH]ccc34)CC3(CC3)C2)cc1.Nc1nc(N2CCCN(Cc3ccccc3)C3(CC3)C2)c2cc[nH]c2n1.Nc1nc(N2CCN(Cc3ccccc3)CC3(CC3)C2)c2cc[nH]c2n1. The molecule has 0 radical (unpaired) electrons. The van der Waals surface area contributed by atoms with E-state index < -0.39 is 10.0 Å². The second kappa shape index (κ2) is 23.6. The summed E-state index contributed by atoms with van der Waals surface area (Å²) >= 11 is 0. The lowest BCUT2D eigenvalue weighted by Gasteiger charge is -2.32. The molecule has 444 valence electrons. The van der Waals surface area contributed by atoms with Gasteiger partial charge in [-0.25, -0.2) is 23.1 Å². The number of nitrogens with two attached hydrogens (primary N) is 2. The number of fused-ring (bicyclic) bond motifs is 3. The molecule has 9 aromatic rings. The van der Waals surface area contributed by atoms with E-state index in [0.29, 0.717) is 42.5 Å². The third kappa shape index (κ3) is 12.4. The van der Waals surface area contributed by atoms with Crippen molar-refractivity contribution < 1.29 is 13.2 Å². The molecule has 0 bridgehead atoms. The number of carbonyl (C=O) groups is 1. The van der Waals surface area contributed by atoms with Gasteiger partial charge in [0, 0.05) is 139 Å². The summed E-state index contributed by atoms with van der Waals surface area (Å²) in [6, 6.07) is 35.5. The van der Waals surface area contributed by atoms with Gasteiger partial charge in [-0.15, -0.1) is 0 Å². The summed E-state index contributed by atoms with van der Waals surface area (Å²) in [5.41, 5.74) is 18.3. The van der Waals surface area contributed by atoms with E-state index in [1.165, 1.54) is 48.9 Å². The number of hydrogen-bond donors (Lipinski definition) is 6. The fourth-order valence-electron chi connectivity index (χ4n) is 12.9. The molecule has 0 atom stereocenters. The van der Waals surface area contributed by atoms with Crippen LogP contribution in [0.3, 0.4) is 0 Å². The van der Waals surface area contributed by atoms with Crippen molar-refractivity contribution in [2.75, 3.05) is 105 Å². The van der Waals surface area contributed by atoms with Crippen molar-refractivity contribution >= 4 is 78.4 Å². The number of sulfonamides is 1. The molecule has 6 aliphatic rings. The van der Waals surface area contributed by atoms with Gasteiger partial charge < -0.3 is 46.0 Å². The molecule has 0 unspecified atom stereocenters. The van der Waals surface area contributed by atoms with Crippen LogP contribution in [0.2, 0.25) is 0 Å². The Morgan fingerprint density at radius 3 is 1.74 bits per heavy atom. The minimum Gasteiger partial charge on any atom is -0.368 e. The van der Waals surface area contributed by atoms with E-state index in [9.17, 15) is 13.2 Å². The van der Waals surface area contributed by atoms with Crippen molar-refractivity contribution in [2.24, 2.45) is 10.8 Å². The fourth-order valence-corrected chi connectivity index (χ4v) is 14.0. The summed E-state index contributed by atoms with van der Waals surface area (Å²) in [6.07, 6.45) is 15.7. The molecule has 3 saturated carbocycles. The largest absolute Gasteiger partial charge is 0.368 e. The van der Waals surface area contributed by atoms with Gasteiger partial charge in [-0.3, -0.25) is 14.6 Å². The van der Waals surface area contributed by atoms with E-state index in [1.807, 2.05) is 35.6 Å².